The third kappa shape index (κ3) is 4.79. The predicted molar refractivity (Wildman–Crippen MR) is 141 cm³/mol. The summed E-state index contributed by atoms with van der Waals surface area (Å²) in [5.74, 6) is 1.94. The van der Waals surface area contributed by atoms with Gasteiger partial charge >= 0.3 is 0 Å². The summed E-state index contributed by atoms with van der Waals surface area (Å²) in [7, 11) is 0. The first-order chi connectivity index (χ1) is 16.7. The standard InChI is InChI=1S/C27H35BrN4O3/c1-17-22-13-19(27(22,2)3)14-23(17)30-24-15-29-32(26(34)25(24)28)16-21(33)12-18-4-6-20(7-5-18)31-8-10-35-11-9-31/h4-7,15,17,19,22-23,30H,8-14,16H2,1-3H3/t17-,19+,22-,23-/m1/s1. The van der Waals surface area contributed by atoms with Gasteiger partial charge in [-0.1, -0.05) is 32.9 Å². The van der Waals surface area contributed by atoms with Crippen LogP contribution in [0.2, 0.25) is 0 Å². The molecular formula is C27H35BrN4O3. The van der Waals surface area contributed by atoms with E-state index < -0.39 is 0 Å². The number of carbonyl (C=O) groups is 1. The minimum absolute atomic E-state index is 0.0406. The van der Waals surface area contributed by atoms with Crippen LogP contribution in [0, 0.1) is 23.2 Å². The van der Waals surface area contributed by atoms with Gasteiger partial charge in [0.05, 0.1) is 25.1 Å². The molecule has 2 aromatic rings. The zero-order chi connectivity index (χ0) is 24.7. The smallest absolute Gasteiger partial charge is 0.283 e. The molecular weight excluding hydrogens is 508 g/mol. The first-order valence-corrected chi connectivity index (χ1v) is 13.5. The number of aromatic nitrogens is 2. The number of hydrogen-bond acceptors (Lipinski definition) is 6. The van der Waals surface area contributed by atoms with Crippen LogP contribution in [-0.4, -0.2) is 47.9 Å². The molecule has 1 aliphatic heterocycles. The molecule has 2 bridgehead atoms. The topological polar surface area (TPSA) is 76.5 Å². The van der Waals surface area contributed by atoms with Crippen molar-refractivity contribution < 1.29 is 9.53 Å². The summed E-state index contributed by atoms with van der Waals surface area (Å²) >= 11 is 3.47. The second-order valence-corrected chi connectivity index (χ2v) is 11.8. The van der Waals surface area contributed by atoms with E-state index in [2.05, 4.69) is 52.0 Å². The molecule has 0 unspecified atom stereocenters. The molecule has 0 amide bonds. The van der Waals surface area contributed by atoms with Gasteiger partial charge in [0.2, 0.25) is 0 Å². The SMILES string of the molecule is C[C@@H]1[C@H]2C[C@@H](C[C@H]1Nc1cnn(CC(=O)Cc3ccc(N4CCOCC4)cc3)c(=O)c1Br)C2(C)C. The quantitative estimate of drug-likeness (QED) is 0.566. The number of hydrogen-bond donors (Lipinski definition) is 1. The van der Waals surface area contributed by atoms with Crippen molar-refractivity contribution in [2.45, 2.75) is 52.6 Å². The molecule has 0 radical (unpaired) electrons. The van der Waals surface area contributed by atoms with Crippen molar-refractivity contribution in [2.75, 3.05) is 36.5 Å². The minimum atomic E-state index is -0.278. The molecule has 1 aromatic heterocycles. The Morgan fingerprint density at radius 1 is 1.20 bits per heavy atom. The molecule has 4 aliphatic rings. The summed E-state index contributed by atoms with van der Waals surface area (Å²) in [6.07, 6.45) is 4.37. The Kier molecular flexibility index (Phi) is 6.79. The van der Waals surface area contributed by atoms with Gasteiger partial charge in [-0.2, -0.15) is 5.10 Å². The minimum Gasteiger partial charge on any atom is -0.380 e. The lowest BCUT2D eigenvalue weighted by atomic mass is 9.45. The van der Waals surface area contributed by atoms with Crippen molar-refractivity contribution in [3.05, 3.63) is 50.9 Å². The highest BCUT2D eigenvalue weighted by atomic mass is 79.9. The number of fused-ring (bicyclic) bond motifs is 2. The van der Waals surface area contributed by atoms with Gasteiger partial charge in [0.1, 0.15) is 11.0 Å². The van der Waals surface area contributed by atoms with Crippen molar-refractivity contribution in [2.24, 2.45) is 23.2 Å². The Hall–Kier alpha value is -2.19. The number of nitrogens with one attached hydrogen (secondary N) is 1. The number of anilines is 2. The fraction of sp³-hybridized carbons (Fsp3) is 0.593. The Balaban J connectivity index is 1.20. The highest BCUT2D eigenvalue weighted by Crippen LogP contribution is 2.61. The van der Waals surface area contributed by atoms with Crippen LogP contribution in [0.25, 0.3) is 0 Å². The zero-order valence-electron chi connectivity index (χ0n) is 20.8. The molecule has 1 N–H and O–H groups in total. The molecule has 4 fully saturated rings. The number of ether oxygens (including phenoxy) is 1. The van der Waals surface area contributed by atoms with E-state index in [1.54, 1.807) is 6.20 Å². The fourth-order valence-corrected chi connectivity index (χ4v) is 6.74. The van der Waals surface area contributed by atoms with Gasteiger partial charge in [0.25, 0.3) is 5.56 Å². The van der Waals surface area contributed by atoms with Crippen LogP contribution >= 0.6 is 15.9 Å². The number of morpholine rings is 1. The van der Waals surface area contributed by atoms with Crippen LogP contribution in [-0.2, 0) is 22.5 Å². The third-order valence-corrected chi connectivity index (χ3v) is 9.49. The lowest BCUT2D eigenvalue weighted by Crippen LogP contribution is -2.58. The average Bonchev–Trinajstić information content (AvgIpc) is 2.85. The van der Waals surface area contributed by atoms with E-state index in [1.165, 1.54) is 11.1 Å². The second kappa shape index (κ2) is 9.69. The van der Waals surface area contributed by atoms with Crippen LogP contribution in [0.3, 0.4) is 0 Å². The Morgan fingerprint density at radius 3 is 2.57 bits per heavy atom. The molecule has 1 aromatic carbocycles. The molecule has 8 heteroatoms. The van der Waals surface area contributed by atoms with E-state index in [0.717, 1.165) is 49.9 Å². The largest absolute Gasteiger partial charge is 0.380 e. The maximum atomic E-state index is 12.9. The summed E-state index contributed by atoms with van der Waals surface area (Å²) < 4.78 is 7.11. The number of carbonyl (C=O) groups excluding carboxylic acids is 1. The van der Waals surface area contributed by atoms with Crippen molar-refractivity contribution in [1.82, 2.24) is 9.78 Å². The van der Waals surface area contributed by atoms with Crippen molar-refractivity contribution in [1.29, 1.82) is 0 Å². The van der Waals surface area contributed by atoms with Crippen molar-refractivity contribution in [3.63, 3.8) is 0 Å². The third-order valence-electron chi connectivity index (χ3n) is 8.72. The lowest BCUT2D eigenvalue weighted by Gasteiger charge is -2.62. The van der Waals surface area contributed by atoms with Gasteiger partial charge < -0.3 is 15.0 Å². The van der Waals surface area contributed by atoms with E-state index >= 15 is 0 Å². The Bertz CT molecular complexity index is 1140. The van der Waals surface area contributed by atoms with Gasteiger partial charge in [0, 0.05) is 31.2 Å². The molecule has 3 aliphatic carbocycles. The maximum absolute atomic E-state index is 12.9. The number of ketones is 1. The molecule has 7 nitrogen and oxygen atoms in total. The van der Waals surface area contributed by atoms with Gasteiger partial charge in [-0.25, -0.2) is 4.68 Å². The summed E-state index contributed by atoms with van der Waals surface area (Å²) in [5, 5.41) is 7.89. The number of halogens is 1. The monoisotopic (exact) mass is 542 g/mol. The van der Waals surface area contributed by atoms with Crippen LogP contribution in [0.5, 0.6) is 0 Å². The molecule has 0 spiro atoms. The Labute approximate surface area is 215 Å². The lowest BCUT2D eigenvalue weighted by molar-refractivity contribution is -0.119. The zero-order valence-corrected chi connectivity index (χ0v) is 22.4. The maximum Gasteiger partial charge on any atom is 0.283 e. The predicted octanol–water partition coefficient (Wildman–Crippen LogP) is 4.14. The van der Waals surface area contributed by atoms with Crippen LogP contribution in [0.4, 0.5) is 11.4 Å². The highest BCUT2D eigenvalue weighted by Gasteiger charge is 2.56. The Morgan fingerprint density at radius 2 is 1.91 bits per heavy atom. The van der Waals surface area contributed by atoms with Crippen molar-refractivity contribution in [3.8, 4) is 0 Å². The molecule has 35 heavy (non-hydrogen) atoms. The number of benzene rings is 1. The summed E-state index contributed by atoms with van der Waals surface area (Å²) in [4.78, 5) is 27.9. The molecule has 3 saturated carbocycles. The van der Waals surface area contributed by atoms with Gasteiger partial charge in [0.15, 0.2) is 5.78 Å². The summed E-state index contributed by atoms with van der Waals surface area (Å²) in [5.41, 5.74) is 2.93. The van der Waals surface area contributed by atoms with Crippen molar-refractivity contribution >= 4 is 33.1 Å². The summed E-state index contributed by atoms with van der Waals surface area (Å²) in [6.45, 7) is 10.3. The number of Topliss-reactive ketones (excluding diaryl/α,β-unsaturated/α-hetero) is 1. The molecule has 1 saturated heterocycles. The summed E-state index contributed by atoms with van der Waals surface area (Å²) in [6, 6.07) is 8.40. The number of nitrogens with zero attached hydrogens (tertiary/aromatic N) is 3. The first kappa shape index (κ1) is 24.5. The normalized spacial score (nSPS) is 27.3. The molecule has 188 valence electrons. The molecule has 6 rings (SSSR count). The average molecular weight is 544 g/mol. The van der Waals surface area contributed by atoms with E-state index in [1.807, 2.05) is 24.3 Å². The van der Waals surface area contributed by atoms with E-state index in [4.69, 9.17) is 4.74 Å². The second-order valence-electron chi connectivity index (χ2n) is 11.0. The van der Waals surface area contributed by atoms with E-state index in [-0.39, 0.29) is 24.3 Å². The van der Waals surface area contributed by atoms with Gasteiger partial charge in [-0.15, -0.1) is 0 Å². The number of rotatable bonds is 7. The van der Waals surface area contributed by atoms with E-state index in [0.29, 0.717) is 33.5 Å². The van der Waals surface area contributed by atoms with Gasteiger partial charge in [-0.3, -0.25) is 9.59 Å². The molecule has 2 heterocycles. The molecule has 4 atom stereocenters. The highest BCUT2D eigenvalue weighted by molar-refractivity contribution is 9.10. The van der Waals surface area contributed by atoms with Gasteiger partial charge in [-0.05, 0) is 69.6 Å². The van der Waals surface area contributed by atoms with Crippen LogP contribution in [0.1, 0.15) is 39.2 Å². The first-order valence-electron chi connectivity index (χ1n) is 12.7. The van der Waals surface area contributed by atoms with Crippen LogP contribution < -0.4 is 15.8 Å². The fourth-order valence-electron chi connectivity index (χ4n) is 6.32. The van der Waals surface area contributed by atoms with E-state index in [9.17, 15) is 9.59 Å². The van der Waals surface area contributed by atoms with Crippen LogP contribution in [0.15, 0.2) is 39.7 Å².